The van der Waals surface area contributed by atoms with Gasteiger partial charge < -0.3 is 0 Å². The van der Waals surface area contributed by atoms with Gasteiger partial charge in [0.05, 0.1) is 22.3 Å². The Balaban J connectivity index is 2.14. The highest BCUT2D eigenvalue weighted by Gasteiger charge is 2.09. The van der Waals surface area contributed by atoms with E-state index in [1.165, 1.54) is 12.1 Å². The minimum Gasteiger partial charge on any atom is -0.258 e. The molecule has 2 heterocycles. The summed E-state index contributed by atoms with van der Waals surface area (Å²) in [5.74, 6) is 0. The Kier molecular flexibility index (Phi) is 2.26. The summed E-state index contributed by atoms with van der Waals surface area (Å²) in [5.41, 5.74) is 2.52. The standard InChI is InChI=1S/C12H8N4O2/c17-16(18)10-3-1-9(2-4-10)12-11-5-6-14-15(11)8-7-13-12/h1-8H. The molecule has 88 valence electrons. The van der Waals surface area contributed by atoms with Gasteiger partial charge in [0.2, 0.25) is 0 Å². The molecule has 1 aromatic carbocycles. The van der Waals surface area contributed by atoms with Crippen molar-refractivity contribution >= 4 is 11.2 Å². The first kappa shape index (κ1) is 10.4. The van der Waals surface area contributed by atoms with Crippen molar-refractivity contribution in [3.63, 3.8) is 0 Å². The van der Waals surface area contributed by atoms with Gasteiger partial charge in [-0.2, -0.15) is 5.10 Å². The zero-order valence-electron chi connectivity index (χ0n) is 9.22. The lowest BCUT2D eigenvalue weighted by atomic mass is 10.1. The molecule has 0 atom stereocenters. The maximum absolute atomic E-state index is 10.6. The zero-order chi connectivity index (χ0) is 12.5. The van der Waals surface area contributed by atoms with Crippen LogP contribution in [0.1, 0.15) is 0 Å². The molecular formula is C12H8N4O2. The van der Waals surface area contributed by atoms with Gasteiger partial charge >= 0.3 is 0 Å². The fraction of sp³-hybridized carbons (Fsp3) is 0. The van der Waals surface area contributed by atoms with Gasteiger partial charge in [0.25, 0.3) is 5.69 Å². The molecule has 2 aromatic heterocycles. The zero-order valence-corrected chi connectivity index (χ0v) is 9.22. The number of nitro groups is 1. The Bertz CT molecular complexity index is 718. The van der Waals surface area contributed by atoms with Crippen LogP contribution < -0.4 is 0 Å². The second-order valence-corrected chi connectivity index (χ2v) is 3.74. The largest absolute Gasteiger partial charge is 0.269 e. The molecule has 6 heteroatoms. The molecule has 3 aromatic rings. The number of rotatable bonds is 2. The topological polar surface area (TPSA) is 73.3 Å². The highest BCUT2D eigenvalue weighted by Crippen LogP contribution is 2.23. The summed E-state index contributed by atoms with van der Waals surface area (Å²) in [6.45, 7) is 0. The van der Waals surface area contributed by atoms with Gasteiger partial charge in [-0.15, -0.1) is 0 Å². The van der Waals surface area contributed by atoms with Crippen LogP contribution in [0.3, 0.4) is 0 Å². The average molecular weight is 240 g/mol. The highest BCUT2D eigenvalue weighted by atomic mass is 16.6. The number of nitro benzene ring substituents is 1. The minimum absolute atomic E-state index is 0.0687. The van der Waals surface area contributed by atoms with Gasteiger partial charge in [-0.3, -0.25) is 15.1 Å². The van der Waals surface area contributed by atoms with Crippen LogP contribution in [0.4, 0.5) is 5.69 Å². The van der Waals surface area contributed by atoms with Crippen LogP contribution in [0.15, 0.2) is 48.9 Å². The predicted molar refractivity (Wildman–Crippen MR) is 65.1 cm³/mol. The first-order valence-electron chi connectivity index (χ1n) is 5.29. The van der Waals surface area contributed by atoms with Crippen LogP contribution in [0, 0.1) is 10.1 Å². The molecule has 0 N–H and O–H groups in total. The lowest BCUT2D eigenvalue weighted by Gasteiger charge is -2.02. The van der Waals surface area contributed by atoms with Crippen LogP contribution >= 0.6 is 0 Å². The summed E-state index contributed by atoms with van der Waals surface area (Å²) in [4.78, 5) is 14.5. The van der Waals surface area contributed by atoms with Gasteiger partial charge in [-0.1, -0.05) is 0 Å². The normalized spacial score (nSPS) is 10.7. The van der Waals surface area contributed by atoms with Gasteiger partial charge in [-0.05, 0) is 18.2 Å². The summed E-state index contributed by atoms with van der Waals surface area (Å²) in [6, 6.07) is 8.17. The SMILES string of the molecule is O=[N+]([O-])c1ccc(-c2nccn3nccc23)cc1. The lowest BCUT2D eigenvalue weighted by Crippen LogP contribution is -1.92. The molecule has 0 radical (unpaired) electrons. The minimum atomic E-state index is -0.420. The molecular weight excluding hydrogens is 232 g/mol. The van der Waals surface area contributed by atoms with Crippen LogP contribution in [-0.4, -0.2) is 19.5 Å². The van der Waals surface area contributed by atoms with E-state index >= 15 is 0 Å². The molecule has 3 rings (SSSR count). The summed E-state index contributed by atoms with van der Waals surface area (Å²) < 4.78 is 1.71. The van der Waals surface area contributed by atoms with Crippen molar-refractivity contribution < 1.29 is 4.92 Å². The summed E-state index contributed by atoms with van der Waals surface area (Å²) >= 11 is 0. The molecule has 0 spiro atoms. The quantitative estimate of drug-likeness (QED) is 0.509. The Morgan fingerprint density at radius 2 is 1.89 bits per heavy atom. The van der Waals surface area contributed by atoms with Crippen LogP contribution in [0.5, 0.6) is 0 Å². The lowest BCUT2D eigenvalue weighted by molar-refractivity contribution is -0.384. The monoisotopic (exact) mass is 240 g/mol. The fourth-order valence-electron chi connectivity index (χ4n) is 1.82. The van der Waals surface area contributed by atoms with E-state index in [2.05, 4.69) is 10.1 Å². The van der Waals surface area contributed by atoms with Crippen LogP contribution in [0.25, 0.3) is 16.8 Å². The van der Waals surface area contributed by atoms with E-state index in [1.54, 1.807) is 35.2 Å². The van der Waals surface area contributed by atoms with Crippen molar-refractivity contribution in [2.24, 2.45) is 0 Å². The van der Waals surface area contributed by atoms with Crippen LogP contribution in [0.2, 0.25) is 0 Å². The van der Waals surface area contributed by atoms with E-state index in [-0.39, 0.29) is 5.69 Å². The third kappa shape index (κ3) is 1.60. The molecule has 0 aliphatic rings. The maximum Gasteiger partial charge on any atom is 0.269 e. The molecule has 6 nitrogen and oxygen atoms in total. The Morgan fingerprint density at radius 3 is 2.61 bits per heavy atom. The van der Waals surface area contributed by atoms with E-state index in [0.717, 1.165) is 16.8 Å². The molecule has 0 fully saturated rings. The molecule has 0 saturated heterocycles. The van der Waals surface area contributed by atoms with E-state index in [1.807, 2.05) is 6.07 Å². The van der Waals surface area contributed by atoms with Crippen molar-refractivity contribution in [2.45, 2.75) is 0 Å². The molecule has 18 heavy (non-hydrogen) atoms. The molecule has 0 amide bonds. The first-order chi connectivity index (χ1) is 8.75. The Labute approximate surface area is 102 Å². The van der Waals surface area contributed by atoms with Crippen molar-refractivity contribution in [1.82, 2.24) is 14.6 Å². The highest BCUT2D eigenvalue weighted by molar-refractivity contribution is 5.76. The van der Waals surface area contributed by atoms with Crippen molar-refractivity contribution in [3.8, 4) is 11.3 Å². The summed E-state index contributed by atoms with van der Waals surface area (Å²) in [6.07, 6.45) is 5.09. The second-order valence-electron chi connectivity index (χ2n) is 3.74. The molecule has 0 bridgehead atoms. The number of aromatic nitrogens is 3. The van der Waals surface area contributed by atoms with E-state index in [4.69, 9.17) is 0 Å². The van der Waals surface area contributed by atoms with Crippen molar-refractivity contribution in [1.29, 1.82) is 0 Å². The van der Waals surface area contributed by atoms with E-state index < -0.39 is 4.92 Å². The van der Waals surface area contributed by atoms with Crippen LogP contribution in [-0.2, 0) is 0 Å². The van der Waals surface area contributed by atoms with Crippen molar-refractivity contribution in [2.75, 3.05) is 0 Å². The van der Waals surface area contributed by atoms with E-state index in [0.29, 0.717) is 0 Å². The Hall–Kier alpha value is -2.76. The number of hydrogen-bond donors (Lipinski definition) is 0. The fourth-order valence-corrected chi connectivity index (χ4v) is 1.82. The predicted octanol–water partition coefficient (Wildman–Crippen LogP) is 2.30. The van der Waals surface area contributed by atoms with E-state index in [9.17, 15) is 10.1 Å². The number of hydrogen-bond acceptors (Lipinski definition) is 4. The number of non-ortho nitro benzene ring substituents is 1. The summed E-state index contributed by atoms with van der Waals surface area (Å²) in [7, 11) is 0. The second kappa shape index (κ2) is 3.92. The smallest absolute Gasteiger partial charge is 0.258 e. The average Bonchev–Trinajstić information content (AvgIpc) is 2.87. The summed E-state index contributed by atoms with van der Waals surface area (Å²) in [5, 5.41) is 14.7. The Morgan fingerprint density at radius 1 is 1.11 bits per heavy atom. The molecule has 0 aliphatic heterocycles. The maximum atomic E-state index is 10.6. The number of nitrogens with zero attached hydrogens (tertiary/aromatic N) is 4. The third-order valence-corrected chi connectivity index (χ3v) is 2.68. The van der Waals surface area contributed by atoms with Gasteiger partial charge in [0.1, 0.15) is 0 Å². The van der Waals surface area contributed by atoms with Gasteiger partial charge in [0.15, 0.2) is 0 Å². The first-order valence-corrected chi connectivity index (χ1v) is 5.29. The number of benzene rings is 1. The van der Waals surface area contributed by atoms with Gasteiger partial charge in [-0.25, -0.2) is 4.52 Å². The van der Waals surface area contributed by atoms with Gasteiger partial charge in [0, 0.05) is 30.1 Å². The number of fused-ring (bicyclic) bond motifs is 1. The molecule has 0 aliphatic carbocycles. The third-order valence-electron chi connectivity index (χ3n) is 2.68. The molecule has 0 saturated carbocycles. The molecule has 0 unspecified atom stereocenters. The van der Waals surface area contributed by atoms with Crippen molar-refractivity contribution in [3.05, 3.63) is 59.0 Å².